The molecule has 0 bridgehead atoms. The van der Waals surface area contributed by atoms with Crippen LogP contribution < -0.4 is 10.1 Å². The second-order valence-corrected chi connectivity index (χ2v) is 9.49. The van der Waals surface area contributed by atoms with Gasteiger partial charge in [0.25, 0.3) is 0 Å². The number of benzene rings is 1. The minimum atomic E-state index is -0.883. The molecule has 2 aliphatic rings. The first kappa shape index (κ1) is 25.2. The lowest BCUT2D eigenvalue weighted by Crippen LogP contribution is -2.48. The van der Waals surface area contributed by atoms with Crippen molar-refractivity contribution in [1.82, 2.24) is 15.2 Å². The van der Waals surface area contributed by atoms with Gasteiger partial charge >= 0.3 is 0 Å². The molecule has 186 valence electrons. The molecule has 0 saturated carbocycles. The molecule has 4 rings (SSSR count). The third-order valence-electron chi connectivity index (χ3n) is 6.83. The van der Waals surface area contributed by atoms with Crippen molar-refractivity contribution in [2.45, 2.75) is 44.6 Å². The third-order valence-corrected chi connectivity index (χ3v) is 6.83. The molecule has 0 fully saturated rings. The number of carbonyl (C=O) groups excluding carboxylic acids is 1. The number of carbonyl (C=O) groups is 1. The van der Waals surface area contributed by atoms with Crippen molar-refractivity contribution in [3.8, 4) is 5.75 Å². The highest BCUT2D eigenvalue weighted by atomic mass is 16.5. The van der Waals surface area contributed by atoms with Crippen molar-refractivity contribution in [2.24, 2.45) is 4.99 Å². The average molecular weight is 483 g/mol. The van der Waals surface area contributed by atoms with Crippen LogP contribution in [0.5, 0.6) is 5.75 Å². The topological polar surface area (TPSA) is 66.8 Å². The number of ether oxygens (including phenoxy) is 1. The quantitative estimate of drug-likeness (QED) is 0.512. The Kier molecular flexibility index (Phi) is 7.53. The molecule has 2 atom stereocenters. The summed E-state index contributed by atoms with van der Waals surface area (Å²) >= 11 is 0. The van der Waals surface area contributed by atoms with Gasteiger partial charge in [-0.2, -0.15) is 0 Å². The van der Waals surface area contributed by atoms with Crippen molar-refractivity contribution in [3.05, 3.63) is 102 Å². The summed E-state index contributed by atoms with van der Waals surface area (Å²) < 4.78 is 5.41. The summed E-state index contributed by atoms with van der Waals surface area (Å²) in [6, 6.07) is 10.0. The Balaban J connectivity index is 1.63. The molecule has 6 heteroatoms. The number of nitrogens with one attached hydrogen (secondary N) is 1. The van der Waals surface area contributed by atoms with Crippen LogP contribution in [0.2, 0.25) is 0 Å². The molecule has 0 saturated heterocycles. The van der Waals surface area contributed by atoms with Crippen LogP contribution in [0.15, 0.2) is 84.8 Å². The minimum absolute atomic E-state index is 0.0127. The van der Waals surface area contributed by atoms with Crippen molar-refractivity contribution in [2.75, 3.05) is 13.7 Å². The first-order valence-electron chi connectivity index (χ1n) is 12.3. The number of amides is 1. The third kappa shape index (κ3) is 5.18. The fraction of sp³-hybridized carbons (Fsp3) is 0.300. The second-order valence-electron chi connectivity index (χ2n) is 9.49. The van der Waals surface area contributed by atoms with Gasteiger partial charge < -0.3 is 15.0 Å². The maximum atomic E-state index is 13.7. The maximum Gasteiger partial charge on any atom is 0.236 e. The van der Waals surface area contributed by atoms with Crippen LogP contribution >= 0.6 is 0 Å². The van der Waals surface area contributed by atoms with Crippen LogP contribution in [0, 0.1) is 0 Å². The van der Waals surface area contributed by atoms with E-state index < -0.39 is 5.41 Å². The van der Waals surface area contributed by atoms with Gasteiger partial charge in [0.1, 0.15) is 5.75 Å². The molecule has 36 heavy (non-hydrogen) atoms. The van der Waals surface area contributed by atoms with E-state index in [0.717, 1.165) is 46.8 Å². The van der Waals surface area contributed by atoms with E-state index in [0.29, 0.717) is 13.1 Å². The number of methoxy groups -OCH3 is 1. The SMILES string of the molecule is C=C(CCC)NC(=O)C(C)(CN1Cc2ccc(OC)cc2C1=C)c1ccc(C2C=CC=CN=C2)nc1. The predicted molar refractivity (Wildman–Crippen MR) is 146 cm³/mol. The summed E-state index contributed by atoms with van der Waals surface area (Å²) in [5.74, 6) is 0.678. The molecule has 0 spiro atoms. The summed E-state index contributed by atoms with van der Waals surface area (Å²) in [4.78, 5) is 24.9. The number of fused-ring (bicyclic) bond motifs is 1. The van der Waals surface area contributed by atoms with Crippen LogP contribution in [0.4, 0.5) is 0 Å². The van der Waals surface area contributed by atoms with Crippen LogP contribution in [-0.4, -0.2) is 35.7 Å². The van der Waals surface area contributed by atoms with Gasteiger partial charge in [-0.05, 0) is 48.7 Å². The summed E-state index contributed by atoms with van der Waals surface area (Å²) in [5.41, 5.74) is 4.65. The van der Waals surface area contributed by atoms with E-state index in [9.17, 15) is 4.79 Å². The first-order valence-corrected chi connectivity index (χ1v) is 12.3. The van der Waals surface area contributed by atoms with E-state index in [1.165, 1.54) is 5.56 Å². The first-order chi connectivity index (χ1) is 17.4. The Hall–Kier alpha value is -3.93. The standard InChI is InChI=1S/C30H34N4O2/c1-6-9-21(2)33-29(35)30(4,20-34-19-24-11-13-26(36-5)16-27(24)22(34)3)25-12-14-28(32-18-25)23-10-7-8-15-31-17-23/h7-8,10-18,23H,2-3,6,9,19-20H2,1,4-5H3,(H,33,35). The van der Waals surface area contributed by atoms with E-state index in [1.807, 2.05) is 55.8 Å². The summed E-state index contributed by atoms with van der Waals surface area (Å²) in [6.45, 7) is 13.6. The number of nitrogens with zero attached hydrogens (tertiary/aromatic N) is 3. The van der Waals surface area contributed by atoms with Gasteiger partial charge in [0.05, 0.1) is 24.1 Å². The van der Waals surface area contributed by atoms with E-state index in [-0.39, 0.29) is 11.8 Å². The highest BCUT2D eigenvalue weighted by molar-refractivity contribution is 5.89. The van der Waals surface area contributed by atoms with Gasteiger partial charge in [-0.15, -0.1) is 0 Å². The zero-order valence-electron chi connectivity index (χ0n) is 21.3. The smallest absolute Gasteiger partial charge is 0.236 e. The van der Waals surface area contributed by atoms with Gasteiger partial charge in [-0.3, -0.25) is 14.8 Å². The number of allylic oxidation sites excluding steroid dienone is 4. The highest BCUT2D eigenvalue weighted by Crippen LogP contribution is 2.37. The lowest BCUT2D eigenvalue weighted by atomic mass is 9.81. The zero-order valence-corrected chi connectivity index (χ0v) is 21.3. The molecule has 2 aliphatic heterocycles. The average Bonchev–Trinajstić information content (AvgIpc) is 3.04. The van der Waals surface area contributed by atoms with Crippen molar-refractivity contribution < 1.29 is 9.53 Å². The van der Waals surface area contributed by atoms with E-state index in [1.54, 1.807) is 13.3 Å². The molecule has 2 aromatic rings. The molecule has 1 amide bonds. The number of aliphatic imine (C=N–C) groups is 1. The molecule has 6 nitrogen and oxygen atoms in total. The van der Waals surface area contributed by atoms with Crippen molar-refractivity contribution >= 4 is 17.8 Å². The lowest BCUT2D eigenvalue weighted by molar-refractivity contribution is -0.126. The Morgan fingerprint density at radius 1 is 1.28 bits per heavy atom. The Morgan fingerprint density at radius 2 is 2.11 bits per heavy atom. The molecule has 0 radical (unpaired) electrons. The van der Waals surface area contributed by atoms with Crippen molar-refractivity contribution in [1.29, 1.82) is 0 Å². The van der Waals surface area contributed by atoms with Crippen LogP contribution in [0.1, 0.15) is 55.0 Å². The fourth-order valence-corrected chi connectivity index (χ4v) is 4.63. The molecule has 1 aromatic heterocycles. The number of rotatable bonds is 9. The maximum absolute atomic E-state index is 13.7. The predicted octanol–water partition coefficient (Wildman–Crippen LogP) is 5.50. The van der Waals surface area contributed by atoms with Gasteiger partial charge in [0, 0.05) is 48.7 Å². The van der Waals surface area contributed by atoms with Gasteiger partial charge in [0.15, 0.2) is 0 Å². The number of aromatic nitrogens is 1. The summed E-state index contributed by atoms with van der Waals surface area (Å²) in [5, 5.41) is 3.06. The van der Waals surface area contributed by atoms with Gasteiger partial charge in [0.2, 0.25) is 5.91 Å². The zero-order chi connectivity index (χ0) is 25.7. The van der Waals surface area contributed by atoms with Gasteiger partial charge in [-0.25, -0.2) is 0 Å². The minimum Gasteiger partial charge on any atom is -0.497 e. The molecular formula is C30H34N4O2. The highest BCUT2D eigenvalue weighted by Gasteiger charge is 2.40. The number of hydrogen-bond donors (Lipinski definition) is 1. The Morgan fingerprint density at radius 3 is 2.83 bits per heavy atom. The molecule has 0 aliphatic carbocycles. The van der Waals surface area contributed by atoms with Crippen molar-refractivity contribution in [3.63, 3.8) is 0 Å². The molecule has 1 N–H and O–H groups in total. The Labute approximate surface area is 213 Å². The molecule has 3 heterocycles. The number of pyridine rings is 1. The van der Waals surface area contributed by atoms with E-state index in [2.05, 4.69) is 47.4 Å². The number of hydrogen-bond acceptors (Lipinski definition) is 5. The van der Waals surface area contributed by atoms with E-state index >= 15 is 0 Å². The molecule has 2 unspecified atom stereocenters. The summed E-state index contributed by atoms with van der Waals surface area (Å²) in [6.07, 6.45) is 13.0. The largest absolute Gasteiger partial charge is 0.497 e. The van der Waals surface area contributed by atoms with E-state index in [4.69, 9.17) is 9.72 Å². The normalized spacial score (nSPS) is 17.9. The summed E-state index contributed by atoms with van der Waals surface area (Å²) in [7, 11) is 1.66. The monoisotopic (exact) mass is 482 g/mol. The molecular weight excluding hydrogens is 448 g/mol. The van der Waals surface area contributed by atoms with Crippen LogP contribution in [0.3, 0.4) is 0 Å². The van der Waals surface area contributed by atoms with Crippen LogP contribution in [-0.2, 0) is 16.8 Å². The Bertz CT molecular complexity index is 1230. The lowest BCUT2D eigenvalue weighted by Gasteiger charge is -2.34. The fourth-order valence-electron chi connectivity index (χ4n) is 4.63. The van der Waals surface area contributed by atoms with Gasteiger partial charge in [-0.1, -0.05) is 50.8 Å². The second kappa shape index (κ2) is 10.8. The van der Waals surface area contributed by atoms with Crippen LogP contribution in [0.25, 0.3) is 5.70 Å². The molecule has 1 aromatic carbocycles.